The highest BCUT2D eigenvalue weighted by molar-refractivity contribution is 7.18. The van der Waals surface area contributed by atoms with Crippen molar-refractivity contribution in [2.45, 2.75) is 39.5 Å². The lowest BCUT2D eigenvalue weighted by molar-refractivity contribution is -0.119. The maximum atomic E-state index is 12.5. The van der Waals surface area contributed by atoms with E-state index in [4.69, 9.17) is 0 Å². The number of nitrogens with zero attached hydrogens (tertiary/aromatic N) is 4. The molecule has 0 atom stereocenters. The van der Waals surface area contributed by atoms with Gasteiger partial charge in [0, 0.05) is 36.6 Å². The van der Waals surface area contributed by atoms with E-state index in [1.54, 1.807) is 11.3 Å². The average molecular weight is 423 g/mol. The van der Waals surface area contributed by atoms with E-state index in [-0.39, 0.29) is 5.78 Å². The Morgan fingerprint density at radius 3 is 2.60 bits per heavy atom. The van der Waals surface area contributed by atoms with Crippen LogP contribution in [-0.2, 0) is 11.2 Å². The lowest BCUT2D eigenvalue weighted by Gasteiger charge is -2.25. The summed E-state index contributed by atoms with van der Waals surface area (Å²) in [5.41, 5.74) is 2.02. The molecule has 1 saturated heterocycles. The van der Waals surface area contributed by atoms with Crippen molar-refractivity contribution in [2.24, 2.45) is 0 Å². The average Bonchev–Trinajstić information content (AvgIpc) is 3.25. The number of anilines is 1. The molecule has 0 amide bonds. The molecule has 0 unspecified atom stereocenters. The second kappa shape index (κ2) is 9.67. The zero-order chi connectivity index (χ0) is 20.9. The summed E-state index contributed by atoms with van der Waals surface area (Å²) in [4.78, 5) is 27.4. The van der Waals surface area contributed by atoms with Crippen molar-refractivity contribution < 1.29 is 4.79 Å². The van der Waals surface area contributed by atoms with Crippen molar-refractivity contribution in [3.05, 3.63) is 42.4 Å². The number of rotatable bonds is 8. The van der Waals surface area contributed by atoms with Crippen LogP contribution in [0, 0.1) is 0 Å². The van der Waals surface area contributed by atoms with E-state index < -0.39 is 0 Å². The van der Waals surface area contributed by atoms with Crippen LogP contribution in [-0.4, -0.2) is 53.4 Å². The number of pyridine rings is 1. The molecule has 4 rings (SSSR count). The highest BCUT2D eigenvalue weighted by atomic mass is 32.1. The van der Waals surface area contributed by atoms with Gasteiger partial charge in [-0.25, -0.2) is 4.98 Å². The first kappa shape index (κ1) is 20.9. The molecule has 0 spiro atoms. The molecule has 1 fully saturated rings. The monoisotopic (exact) mass is 422 g/mol. The van der Waals surface area contributed by atoms with Crippen molar-refractivity contribution in [3.8, 4) is 10.4 Å². The number of aromatic nitrogens is 2. The minimum absolute atomic E-state index is 0.256. The second-order valence-electron chi connectivity index (χ2n) is 7.97. The van der Waals surface area contributed by atoms with Crippen LogP contribution in [0.25, 0.3) is 21.2 Å². The van der Waals surface area contributed by atoms with Crippen LogP contribution in [0.4, 0.5) is 5.13 Å². The number of piperidine rings is 1. The fraction of sp³-hybridized carbons (Fsp3) is 0.458. The van der Waals surface area contributed by atoms with Crippen LogP contribution >= 0.6 is 11.3 Å². The smallest absolute Gasteiger partial charge is 0.185 e. The van der Waals surface area contributed by atoms with Crippen molar-refractivity contribution in [2.75, 3.05) is 37.6 Å². The number of carbonyl (C=O) groups excluding carboxylic acids is 1. The SMILES string of the molecule is CCN(CC)c1ncc(-c2ccc3cnc(CC(=O)CN4CCCCC4)cc3c2)s1. The van der Waals surface area contributed by atoms with Gasteiger partial charge in [-0.1, -0.05) is 29.9 Å². The van der Waals surface area contributed by atoms with Crippen LogP contribution in [0.15, 0.2) is 36.7 Å². The molecule has 0 bridgehead atoms. The van der Waals surface area contributed by atoms with Gasteiger partial charge in [-0.3, -0.25) is 14.7 Å². The largest absolute Gasteiger partial charge is 0.349 e. The number of fused-ring (bicyclic) bond motifs is 1. The number of thiazole rings is 1. The molecule has 30 heavy (non-hydrogen) atoms. The summed E-state index contributed by atoms with van der Waals surface area (Å²) in [7, 11) is 0. The quantitative estimate of drug-likeness (QED) is 0.522. The molecular weight excluding hydrogens is 392 g/mol. The predicted octanol–water partition coefficient (Wildman–Crippen LogP) is 4.80. The molecule has 5 nitrogen and oxygen atoms in total. The zero-order valence-electron chi connectivity index (χ0n) is 17.9. The lowest BCUT2D eigenvalue weighted by atomic mass is 10.1. The Morgan fingerprint density at radius 1 is 1.03 bits per heavy atom. The number of likely N-dealkylation sites (tertiary alicyclic amines) is 1. The number of carbonyl (C=O) groups is 1. The van der Waals surface area contributed by atoms with E-state index in [0.717, 1.165) is 53.3 Å². The summed E-state index contributed by atoms with van der Waals surface area (Å²) >= 11 is 1.73. The van der Waals surface area contributed by atoms with Crippen molar-refractivity contribution >= 4 is 33.0 Å². The number of hydrogen-bond acceptors (Lipinski definition) is 6. The maximum Gasteiger partial charge on any atom is 0.185 e. The molecule has 1 aromatic carbocycles. The van der Waals surface area contributed by atoms with Crippen LogP contribution in [0.5, 0.6) is 0 Å². The van der Waals surface area contributed by atoms with Gasteiger partial charge in [-0.05, 0) is 62.9 Å². The van der Waals surface area contributed by atoms with E-state index in [1.807, 2.05) is 12.4 Å². The number of hydrogen-bond donors (Lipinski definition) is 0. The van der Waals surface area contributed by atoms with Gasteiger partial charge >= 0.3 is 0 Å². The van der Waals surface area contributed by atoms with Gasteiger partial charge in [0.1, 0.15) is 0 Å². The lowest BCUT2D eigenvalue weighted by Crippen LogP contribution is -2.35. The van der Waals surface area contributed by atoms with E-state index in [2.05, 4.69) is 57.9 Å². The first-order valence-corrected chi connectivity index (χ1v) is 11.8. The highest BCUT2D eigenvalue weighted by Crippen LogP contribution is 2.32. The molecule has 0 N–H and O–H groups in total. The van der Waals surface area contributed by atoms with Gasteiger partial charge in [0.25, 0.3) is 0 Å². The van der Waals surface area contributed by atoms with E-state index in [0.29, 0.717) is 13.0 Å². The van der Waals surface area contributed by atoms with Crippen LogP contribution in [0.1, 0.15) is 38.8 Å². The molecule has 3 heterocycles. The van der Waals surface area contributed by atoms with Gasteiger partial charge in [0.15, 0.2) is 10.9 Å². The van der Waals surface area contributed by atoms with Gasteiger partial charge in [0.2, 0.25) is 0 Å². The fourth-order valence-electron chi connectivity index (χ4n) is 4.10. The molecular formula is C24H30N4OS. The fourth-order valence-corrected chi connectivity index (χ4v) is 5.14. The molecule has 0 saturated carbocycles. The normalized spacial score (nSPS) is 14.9. The van der Waals surface area contributed by atoms with Gasteiger partial charge < -0.3 is 4.90 Å². The Labute approximate surface area is 182 Å². The number of ketones is 1. The van der Waals surface area contributed by atoms with Crippen LogP contribution in [0.3, 0.4) is 0 Å². The summed E-state index contributed by atoms with van der Waals surface area (Å²) in [5, 5.41) is 3.29. The summed E-state index contributed by atoms with van der Waals surface area (Å²) in [5.74, 6) is 0.256. The minimum Gasteiger partial charge on any atom is -0.349 e. The summed E-state index contributed by atoms with van der Waals surface area (Å²) < 4.78 is 0. The van der Waals surface area contributed by atoms with E-state index >= 15 is 0 Å². The minimum atomic E-state index is 0.256. The Balaban J connectivity index is 1.50. The molecule has 0 aliphatic carbocycles. The standard InChI is InChI=1S/C24H30N4OS/c1-3-28(4-2)24-26-16-23(30-24)18-8-9-19-15-25-21(13-20(19)12-18)14-22(29)17-27-10-6-5-7-11-27/h8-9,12-13,15-16H,3-7,10-11,14,17H2,1-2H3. The first-order chi connectivity index (χ1) is 14.7. The Hall–Kier alpha value is -2.31. The number of benzene rings is 1. The van der Waals surface area contributed by atoms with E-state index in [1.165, 1.54) is 24.1 Å². The molecule has 0 radical (unpaired) electrons. The molecule has 2 aromatic heterocycles. The summed E-state index contributed by atoms with van der Waals surface area (Å²) in [6.07, 6.45) is 7.95. The maximum absolute atomic E-state index is 12.5. The first-order valence-electron chi connectivity index (χ1n) is 11.0. The van der Waals surface area contributed by atoms with Gasteiger partial charge in [-0.15, -0.1) is 0 Å². The molecule has 1 aliphatic heterocycles. The Bertz CT molecular complexity index is 1010. The summed E-state index contributed by atoms with van der Waals surface area (Å²) in [6, 6.07) is 8.49. The topological polar surface area (TPSA) is 49.3 Å². The number of Topliss-reactive ketones (excluding diaryl/α,β-unsaturated/α-hetero) is 1. The zero-order valence-corrected chi connectivity index (χ0v) is 18.7. The molecule has 1 aliphatic rings. The third-order valence-corrected chi connectivity index (χ3v) is 6.92. The van der Waals surface area contributed by atoms with Crippen LogP contribution in [0.2, 0.25) is 0 Å². The van der Waals surface area contributed by atoms with Crippen LogP contribution < -0.4 is 4.90 Å². The molecule has 6 heteroatoms. The molecule has 3 aromatic rings. The second-order valence-corrected chi connectivity index (χ2v) is 8.98. The Kier molecular flexibility index (Phi) is 6.75. The third kappa shape index (κ3) is 4.87. The molecule has 158 valence electrons. The van der Waals surface area contributed by atoms with Crippen molar-refractivity contribution in [1.82, 2.24) is 14.9 Å². The third-order valence-electron chi connectivity index (χ3n) is 5.82. The summed E-state index contributed by atoms with van der Waals surface area (Å²) in [6.45, 7) is 8.87. The Morgan fingerprint density at radius 2 is 1.83 bits per heavy atom. The van der Waals surface area contributed by atoms with Gasteiger partial charge in [0.05, 0.1) is 17.8 Å². The van der Waals surface area contributed by atoms with Gasteiger partial charge in [-0.2, -0.15) is 0 Å². The predicted molar refractivity (Wildman–Crippen MR) is 125 cm³/mol. The van der Waals surface area contributed by atoms with Crippen molar-refractivity contribution in [3.63, 3.8) is 0 Å². The highest BCUT2D eigenvalue weighted by Gasteiger charge is 2.15. The van der Waals surface area contributed by atoms with Crippen molar-refractivity contribution in [1.29, 1.82) is 0 Å². The van der Waals surface area contributed by atoms with E-state index in [9.17, 15) is 4.79 Å².